The van der Waals surface area contributed by atoms with Crippen LogP contribution in [0, 0.1) is 12.8 Å². The third kappa shape index (κ3) is 5.58. The summed E-state index contributed by atoms with van der Waals surface area (Å²) < 4.78 is 0. The summed E-state index contributed by atoms with van der Waals surface area (Å²) >= 11 is 5.87. The van der Waals surface area contributed by atoms with Crippen LogP contribution in [0.15, 0.2) is 30.3 Å². The lowest BCUT2D eigenvalue weighted by atomic mass is 9.86. The monoisotopic (exact) mass is 401 g/mol. The first-order valence-electron chi connectivity index (χ1n) is 9.74. The molecule has 0 radical (unpaired) electrons. The quantitative estimate of drug-likeness (QED) is 0.768. The number of nitrogens with zero attached hydrogens (tertiary/aromatic N) is 3. The molecule has 7 heteroatoms. The van der Waals surface area contributed by atoms with Gasteiger partial charge in [0.15, 0.2) is 0 Å². The number of hydrogen-bond donors (Lipinski definition) is 2. The number of halogens is 1. The molecular weight excluding hydrogens is 374 g/mol. The molecule has 1 amide bonds. The van der Waals surface area contributed by atoms with E-state index in [1.54, 1.807) is 24.3 Å². The van der Waals surface area contributed by atoms with Crippen LogP contribution < -0.4 is 15.5 Å². The fraction of sp³-hybridized carbons (Fsp3) is 0.476. The Morgan fingerprint density at radius 1 is 1.14 bits per heavy atom. The first kappa shape index (κ1) is 20.4. The van der Waals surface area contributed by atoms with Crippen LogP contribution in [-0.4, -0.2) is 42.6 Å². The fourth-order valence-corrected chi connectivity index (χ4v) is 3.61. The van der Waals surface area contributed by atoms with Gasteiger partial charge in [0.1, 0.15) is 5.82 Å². The van der Waals surface area contributed by atoms with E-state index in [1.807, 2.05) is 32.0 Å². The summed E-state index contributed by atoms with van der Waals surface area (Å²) in [5, 5.41) is 7.17. The number of nitrogens with one attached hydrogen (secondary N) is 2. The zero-order valence-electron chi connectivity index (χ0n) is 16.7. The fourth-order valence-electron chi connectivity index (χ4n) is 3.48. The Morgan fingerprint density at radius 3 is 2.46 bits per heavy atom. The van der Waals surface area contributed by atoms with Crippen molar-refractivity contribution in [1.82, 2.24) is 15.3 Å². The Morgan fingerprint density at radius 2 is 1.82 bits per heavy atom. The second-order valence-corrected chi connectivity index (χ2v) is 8.10. The Balaban J connectivity index is 1.46. The van der Waals surface area contributed by atoms with Crippen LogP contribution in [-0.2, 0) is 0 Å². The number of hydrogen-bond acceptors (Lipinski definition) is 5. The van der Waals surface area contributed by atoms with Crippen molar-refractivity contribution in [3.63, 3.8) is 0 Å². The van der Waals surface area contributed by atoms with Crippen molar-refractivity contribution in [2.45, 2.75) is 38.6 Å². The molecule has 2 N–H and O–H groups in total. The molecule has 1 heterocycles. The van der Waals surface area contributed by atoms with E-state index < -0.39 is 0 Å². The molecule has 2 aromatic rings. The highest BCUT2D eigenvalue weighted by Gasteiger charge is 2.22. The van der Waals surface area contributed by atoms with Gasteiger partial charge in [-0.05, 0) is 62.8 Å². The molecule has 0 saturated heterocycles. The summed E-state index contributed by atoms with van der Waals surface area (Å²) in [6.07, 6.45) is 4.25. The minimum Gasteiger partial charge on any atom is -0.363 e. The molecule has 1 aliphatic rings. The normalized spacial score (nSPS) is 19.1. The van der Waals surface area contributed by atoms with Crippen molar-refractivity contribution in [2.75, 3.05) is 30.9 Å². The molecular formula is C21H28ClN5O. The van der Waals surface area contributed by atoms with E-state index in [1.165, 1.54) is 0 Å². The molecule has 0 atom stereocenters. The molecule has 6 nitrogen and oxygen atoms in total. The van der Waals surface area contributed by atoms with Crippen LogP contribution in [0.3, 0.4) is 0 Å². The van der Waals surface area contributed by atoms with Crippen LogP contribution in [0.1, 0.15) is 41.7 Å². The predicted molar refractivity (Wildman–Crippen MR) is 114 cm³/mol. The number of aromatic nitrogens is 2. The van der Waals surface area contributed by atoms with E-state index in [2.05, 4.69) is 20.6 Å². The number of rotatable bonds is 6. The van der Waals surface area contributed by atoms with Crippen molar-refractivity contribution in [3.05, 3.63) is 46.6 Å². The smallest absolute Gasteiger partial charge is 0.251 e. The van der Waals surface area contributed by atoms with Gasteiger partial charge in [-0.25, -0.2) is 4.98 Å². The molecule has 0 bridgehead atoms. The highest BCUT2D eigenvalue weighted by Crippen LogP contribution is 2.26. The van der Waals surface area contributed by atoms with Gasteiger partial charge in [0.05, 0.1) is 0 Å². The number of benzene rings is 1. The van der Waals surface area contributed by atoms with E-state index >= 15 is 0 Å². The van der Waals surface area contributed by atoms with Crippen molar-refractivity contribution >= 4 is 29.3 Å². The van der Waals surface area contributed by atoms with Gasteiger partial charge in [-0.2, -0.15) is 4.98 Å². The lowest BCUT2D eigenvalue weighted by molar-refractivity contribution is 0.0943. The third-order valence-corrected chi connectivity index (χ3v) is 5.39. The van der Waals surface area contributed by atoms with E-state index in [-0.39, 0.29) is 5.91 Å². The van der Waals surface area contributed by atoms with Gasteiger partial charge in [0.25, 0.3) is 5.91 Å². The molecule has 1 aliphatic carbocycles. The Hall–Kier alpha value is -2.34. The summed E-state index contributed by atoms with van der Waals surface area (Å²) in [6.45, 7) is 2.69. The molecule has 150 valence electrons. The topological polar surface area (TPSA) is 70.2 Å². The second-order valence-electron chi connectivity index (χ2n) is 7.66. The van der Waals surface area contributed by atoms with Crippen molar-refractivity contribution in [2.24, 2.45) is 5.92 Å². The molecule has 0 unspecified atom stereocenters. The van der Waals surface area contributed by atoms with E-state index in [9.17, 15) is 4.79 Å². The molecule has 0 aliphatic heterocycles. The largest absolute Gasteiger partial charge is 0.363 e. The average Bonchev–Trinajstić information content (AvgIpc) is 2.67. The summed E-state index contributed by atoms with van der Waals surface area (Å²) in [7, 11) is 3.96. The van der Waals surface area contributed by atoms with Gasteiger partial charge in [-0.15, -0.1) is 0 Å². The van der Waals surface area contributed by atoms with Gasteiger partial charge in [0.2, 0.25) is 5.95 Å². The van der Waals surface area contributed by atoms with Gasteiger partial charge >= 0.3 is 0 Å². The van der Waals surface area contributed by atoms with Gasteiger partial charge < -0.3 is 15.5 Å². The Labute approximate surface area is 171 Å². The number of anilines is 2. The van der Waals surface area contributed by atoms with Crippen LogP contribution in [0.25, 0.3) is 0 Å². The van der Waals surface area contributed by atoms with Crippen molar-refractivity contribution in [3.8, 4) is 0 Å². The molecule has 1 aromatic heterocycles. The number of carbonyl (C=O) groups excluding carboxylic acids is 1. The van der Waals surface area contributed by atoms with E-state index in [4.69, 9.17) is 11.6 Å². The molecule has 1 aromatic carbocycles. The van der Waals surface area contributed by atoms with Gasteiger partial charge in [-0.1, -0.05) is 11.6 Å². The molecule has 28 heavy (non-hydrogen) atoms. The standard InChI is InChI=1S/C21H28ClN5O/c1-14-12-19(27(2)3)26-21(24-14)25-18-10-4-15(5-11-18)13-23-20(28)16-6-8-17(22)9-7-16/h6-9,12,15,18H,4-5,10-11,13H2,1-3H3,(H,23,28)(H,24,25,26)/t15-,18+. The molecule has 0 spiro atoms. The maximum Gasteiger partial charge on any atom is 0.251 e. The second kappa shape index (κ2) is 9.24. The maximum atomic E-state index is 12.2. The van der Waals surface area contributed by atoms with Crippen LogP contribution in [0.2, 0.25) is 5.02 Å². The summed E-state index contributed by atoms with van der Waals surface area (Å²) in [5.41, 5.74) is 1.60. The number of amides is 1. The molecule has 1 fully saturated rings. The Bertz CT molecular complexity index is 801. The lowest BCUT2D eigenvalue weighted by Gasteiger charge is -2.29. The SMILES string of the molecule is Cc1cc(N(C)C)nc(N[C@H]2CC[C@@H](CNC(=O)c3ccc(Cl)cc3)CC2)n1. The minimum absolute atomic E-state index is 0.0405. The lowest BCUT2D eigenvalue weighted by Crippen LogP contribution is -2.34. The minimum atomic E-state index is -0.0405. The van der Waals surface area contributed by atoms with Crippen molar-refractivity contribution in [1.29, 1.82) is 0 Å². The van der Waals surface area contributed by atoms with Gasteiger partial charge in [0, 0.05) is 49.0 Å². The summed E-state index contributed by atoms with van der Waals surface area (Å²) in [6, 6.07) is 9.33. The zero-order valence-corrected chi connectivity index (χ0v) is 17.5. The van der Waals surface area contributed by atoms with Crippen LogP contribution in [0.5, 0.6) is 0 Å². The van der Waals surface area contributed by atoms with Crippen LogP contribution >= 0.6 is 11.6 Å². The number of carbonyl (C=O) groups is 1. The first-order chi connectivity index (χ1) is 13.4. The molecule has 1 saturated carbocycles. The zero-order chi connectivity index (χ0) is 20.1. The van der Waals surface area contributed by atoms with Gasteiger partial charge in [-0.3, -0.25) is 4.79 Å². The van der Waals surface area contributed by atoms with Crippen molar-refractivity contribution < 1.29 is 4.79 Å². The predicted octanol–water partition coefficient (Wildman–Crippen LogP) is 3.91. The summed E-state index contributed by atoms with van der Waals surface area (Å²) in [4.78, 5) is 23.3. The maximum absolute atomic E-state index is 12.2. The first-order valence-corrected chi connectivity index (χ1v) is 10.1. The highest BCUT2D eigenvalue weighted by molar-refractivity contribution is 6.30. The molecule has 3 rings (SSSR count). The Kier molecular flexibility index (Phi) is 6.73. The average molecular weight is 402 g/mol. The highest BCUT2D eigenvalue weighted by atomic mass is 35.5. The van der Waals surface area contributed by atoms with E-state index in [0.29, 0.717) is 35.0 Å². The summed E-state index contributed by atoms with van der Waals surface area (Å²) in [5.74, 6) is 2.07. The van der Waals surface area contributed by atoms with Crippen LogP contribution in [0.4, 0.5) is 11.8 Å². The van der Waals surface area contributed by atoms with E-state index in [0.717, 1.165) is 37.2 Å². The third-order valence-electron chi connectivity index (χ3n) is 5.14. The number of aryl methyl sites for hydroxylation is 1.